The number of carbonyl (C=O) groups excluding carboxylic acids is 1. The van der Waals surface area contributed by atoms with Gasteiger partial charge in [-0.1, -0.05) is 11.6 Å². The molecule has 0 aromatic heterocycles. The molecule has 0 fully saturated rings. The van der Waals surface area contributed by atoms with Crippen LogP contribution in [-0.2, 0) is 11.2 Å². The van der Waals surface area contributed by atoms with Gasteiger partial charge in [0, 0.05) is 6.42 Å². The van der Waals surface area contributed by atoms with E-state index in [-0.39, 0.29) is 29.2 Å². The van der Waals surface area contributed by atoms with Gasteiger partial charge in [0.05, 0.1) is 12.1 Å². The van der Waals surface area contributed by atoms with Crippen molar-refractivity contribution >= 4 is 17.9 Å². The maximum absolute atomic E-state index is 13.3. The molecule has 2 nitrogen and oxygen atoms in total. The van der Waals surface area contributed by atoms with Gasteiger partial charge in [-0.05, 0) is 18.1 Å². The fourth-order valence-electron chi connectivity index (χ4n) is 1.21. The number of ether oxygens (including phenoxy) is 1. The van der Waals surface area contributed by atoms with E-state index < -0.39 is 11.6 Å². The fourth-order valence-corrected chi connectivity index (χ4v) is 1.50. The highest BCUT2D eigenvalue weighted by molar-refractivity contribution is 6.32. The first-order chi connectivity index (χ1) is 7.11. The highest BCUT2D eigenvalue weighted by Gasteiger charge is 2.17. The van der Waals surface area contributed by atoms with Crippen LogP contribution < -0.4 is 4.74 Å². The summed E-state index contributed by atoms with van der Waals surface area (Å²) in [4.78, 5) is 10.1. The summed E-state index contributed by atoms with van der Waals surface area (Å²) in [6.45, 7) is 0. The summed E-state index contributed by atoms with van der Waals surface area (Å²) in [6.07, 6.45) is 0.879. The second-order valence-corrected chi connectivity index (χ2v) is 3.29. The van der Waals surface area contributed by atoms with Crippen LogP contribution >= 0.6 is 11.6 Å². The van der Waals surface area contributed by atoms with Crippen LogP contribution in [0.4, 0.5) is 8.78 Å². The van der Waals surface area contributed by atoms with Crippen LogP contribution in [0.3, 0.4) is 0 Å². The van der Waals surface area contributed by atoms with E-state index in [0.29, 0.717) is 6.29 Å². The van der Waals surface area contributed by atoms with Crippen LogP contribution in [0.2, 0.25) is 5.02 Å². The molecule has 0 bridgehead atoms. The molecule has 0 spiro atoms. The summed E-state index contributed by atoms with van der Waals surface area (Å²) in [5, 5.41) is -0.00250. The summed E-state index contributed by atoms with van der Waals surface area (Å²) in [7, 11) is 1.20. The van der Waals surface area contributed by atoms with Gasteiger partial charge in [0.15, 0.2) is 11.6 Å². The second-order valence-electron chi connectivity index (χ2n) is 2.88. The van der Waals surface area contributed by atoms with Crippen molar-refractivity contribution in [3.63, 3.8) is 0 Å². The molecule has 0 aliphatic carbocycles. The van der Waals surface area contributed by atoms with Crippen molar-refractivity contribution in [1.82, 2.24) is 0 Å². The molecular formula is C10H9ClF2O2. The lowest BCUT2D eigenvalue weighted by atomic mass is 10.1. The quantitative estimate of drug-likeness (QED) is 0.592. The van der Waals surface area contributed by atoms with E-state index in [9.17, 15) is 13.6 Å². The molecular weight excluding hydrogens is 226 g/mol. The Morgan fingerprint density at radius 2 is 2.13 bits per heavy atom. The van der Waals surface area contributed by atoms with Crippen LogP contribution in [0, 0.1) is 11.6 Å². The molecule has 0 aliphatic rings. The number of hydrogen-bond acceptors (Lipinski definition) is 2. The third kappa shape index (κ3) is 2.45. The largest absolute Gasteiger partial charge is 0.492 e. The third-order valence-electron chi connectivity index (χ3n) is 1.93. The molecule has 0 radical (unpaired) electrons. The Morgan fingerprint density at radius 3 is 2.67 bits per heavy atom. The van der Waals surface area contributed by atoms with Gasteiger partial charge >= 0.3 is 0 Å². The minimum absolute atomic E-state index is 0.00250. The molecule has 1 aromatic carbocycles. The predicted octanol–water partition coefficient (Wildman–Crippen LogP) is 2.76. The summed E-state index contributed by atoms with van der Waals surface area (Å²) in [5.74, 6) is -2.45. The molecule has 0 amide bonds. The first-order valence-corrected chi connectivity index (χ1v) is 4.63. The standard InChI is InChI=1S/C10H9ClF2O2/c1-15-10-7(11)5-6(3-2-4-14)8(12)9(10)13/h4-5H,2-3H2,1H3. The molecule has 1 rings (SSSR count). The molecule has 1 aromatic rings. The number of aldehydes is 1. The molecule has 0 saturated heterocycles. The molecule has 0 heterocycles. The number of methoxy groups -OCH3 is 1. The Morgan fingerprint density at radius 1 is 1.47 bits per heavy atom. The Hall–Kier alpha value is -1.16. The summed E-state index contributed by atoms with van der Waals surface area (Å²) in [5.41, 5.74) is 0.0744. The third-order valence-corrected chi connectivity index (χ3v) is 2.21. The number of hydrogen-bond donors (Lipinski definition) is 0. The van der Waals surface area contributed by atoms with Gasteiger partial charge in [-0.2, -0.15) is 4.39 Å². The van der Waals surface area contributed by atoms with Gasteiger partial charge in [0.1, 0.15) is 6.29 Å². The van der Waals surface area contributed by atoms with Crippen LogP contribution in [0.5, 0.6) is 5.75 Å². The number of aryl methyl sites for hydroxylation is 1. The molecule has 5 heteroatoms. The van der Waals surface area contributed by atoms with E-state index in [1.165, 1.54) is 13.2 Å². The lowest BCUT2D eigenvalue weighted by Gasteiger charge is -2.08. The number of benzene rings is 1. The zero-order chi connectivity index (χ0) is 11.4. The Kier molecular flexibility index (Phi) is 4.03. The van der Waals surface area contributed by atoms with Gasteiger partial charge in [0.2, 0.25) is 5.82 Å². The van der Waals surface area contributed by atoms with E-state index in [1.54, 1.807) is 0 Å². The van der Waals surface area contributed by atoms with Crippen LogP contribution in [-0.4, -0.2) is 13.4 Å². The number of halogens is 3. The van der Waals surface area contributed by atoms with Crippen molar-refractivity contribution in [3.05, 3.63) is 28.3 Å². The zero-order valence-corrected chi connectivity index (χ0v) is 8.78. The minimum Gasteiger partial charge on any atom is -0.492 e. The molecule has 0 aliphatic heterocycles. The summed E-state index contributed by atoms with van der Waals surface area (Å²) in [6, 6.07) is 1.27. The first-order valence-electron chi connectivity index (χ1n) is 4.25. The summed E-state index contributed by atoms with van der Waals surface area (Å²) < 4.78 is 31.2. The Balaban J connectivity index is 3.15. The average molecular weight is 235 g/mol. The molecule has 0 saturated carbocycles. The van der Waals surface area contributed by atoms with E-state index in [1.807, 2.05) is 0 Å². The van der Waals surface area contributed by atoms with Crippen molar-refractivity contribution < 1.29 is 18.3 Å². The van der Waals surface area contributed by atoms with Gasteiger partial charge in [-0.15, -0.1) is 0 Å². The van der Waals surface area contributed by atoms with Crippen molar-refractivity contribution in [2.24, 2.45) is 0 Å². The van der Waals surface area contributed by atoms with E-state index in [0.717, 1.165) is 0 Å². The predicted molar refractivity (Wildman–Crippen MR) is 52.3 cm³/mol. The van der Waals surface area contributed by atoms with Crippen molar-refractivity contribution in [1.29, 1.82) is 0 Å². The smallest absolute Gasteiger partial charge is 0.202 e. The zero-order valence-electron chi connectivity index (χ0n) is 8.02. The first kappa shape index (κ1) is 11.9. The van der Waals surface area contributed by atoms with Gasteiger partial charge in [-0.25, -0.2) is 4.39 Å². The maximum atomic E-state index is 13.3. The van der Waals surface area contributed by atoms with Crippen molar-refractivity contribution in [2.75, 3.05) is 7.11 Å². The summed E-state index contributed by atoms with van der Waals surface area (Å²) >= 11 is 5.67. The van der Waals surface area contributed by atoms with E-state index in [4.69, 9.17) is 11.6 Å². The van der Waals surface area contributed by atoms with Gasteiger partial charge in [0.25, 0.3) is 0 Å². The second kappa shape index (κ2) is 5.07. The van der Waals surface area contributed by atoms with Crippen LogP contribution in [0.1, 0.15) is 12.0 Å². The fraction of sp³-hybridized carbons (Fsp3) is 0.300. The normalized spacial score (nSPS) is 10.1. The molecule has 15 heavy (non-hydrogen) atoms. The SMILES string of the molecule is COc1c(Cl)cc(CCC=O)c(F)c1F. The van der Waals surface area contributed by atoms with E-state index >= 15 is 0 Å². The monoisotopic (exact) mass is 234 g/mol. The lowest BCUT2D eigenvalue weighted by Crippen LogP contribution is -1.99. The molecule has 0 atom stereocenters. The lowest BCUT2D eigenvalue weighted by molar-refractivity contribution is -0.107. The van der Waals surface area contributed by atoms with Crippen molar-refractivity contribution in [3.8, 4) is 5.75 Å². The Labute approximate surface area is 90.8 Å². The molecule has 82 valence electrons. The molecule has 0 unspecified atom stereocenters. The number of carbonyl (C=O) groups is 1. The Bertz CT molecular complexity index is 380. The van der Waals surface area contributed by atoms with Crippen molar-refractivity contribution in [2.45, 2.75) is 12.8 Å². The van der Waals surface area contributed by atoms with Crippen LogP contribution in [0.25, 0.3) is 0 Å². The minimum atomic E-state index is -1.12. The average Bonchev–Trinajstić information content (AvgIpc) is 2.22. The highest BCUT2D eigenvalue weighted by Crippen LogP contribution is 2.31. The van der Waals surface area contributed by atoms with E-state index in [2.05, 4.69) is 4.74 Å². The number of rotatable bonds is 4. The maximum Gasteiger partial charge on any atom is 0.202 e. The van der Waals surface area contributed by atoms with Gasteiger partial charge in [-0.3, -0.25) is 0 Å². The highest BCUT2D eigenvalue weighted by atomic mass is 35.5. The molecule has 0 N–H and O–H groups in total. The van der Waals surface area contributed by atoms with Gasteiger partial charge < -0.3 is 9.53 Å². The topological polar surface area (TPSA) is 26.3 Å². The van der Waals surface area contributed by atoms with Crippen LogP contribution in [0.15, 0.2) is 6.07 Å².